The molecule has 0 saturated carbocycles. The summed E-state index contributed by atoms with van der Waals surface area (Å²) in [6.45, 7) is 0.248. The van der Waals surface area contributed by atoms with Crippen LogP contribution in [0.3, 0.4) is 0 Å². The van der Waals surface area contributed by atoms with Crippen molar-refractivity contribution < 1.29 is 26.3 Å². The highest BCUT2D eigenvalue weighted by Crippen LogP contribution is 2.38. The minimum atomic E-state index is -4.56. The van der Waals surface area contributed by atoms with E-state index in [0.29, 0.717) is 12.0 Å². The molecule has 0 aliphatic carbocycles. The molecular formula is C13H16F3NO3S. The van der Waals surface area contributed by atoms with Crippen LogP contribution >= 0.6 is 0 Å². The lowest BCUT2D eigenvalue weighted by Crippen LogP contribution is -2.20. The Bertz CT molecular complexity index is 614. The molecule has 8 heteroatoms. The van der Waals surface area contributed by atoms with Crippen LogP contribution in [0.2, 0.25) is 0 Å². The fraction of sp³-hybridized carbons (Fsp3) is 0.538. The first-order chi connectivity index (χ1) is 9.71. The van der Waals surface area contributed by atoms with Gasteiger partial charge in [-0.1, -0.05) is 6.07 Å². The molecule has 0 amide bonds. The van der Waals surface area contributed by atoms with Gasteiger partial charge < -0.3 is 10.5 Å². The van der Waals surface area contributed by atoms with Crippen molar-refractivity contribution in [1.82, 2.24) is 0 Å². The van der Waals surface area contributed by atoms with Gasteiger partial charge in [-0.3, -0.25) is 0 Å². The molecule has 1 saturated heterocycles. The number of rotatable bonds is 4. The average Bonchev–Trinajstić information content (AvgIpc) is 2.70. The summed E-state index contributed by atoms with van der Waals surface area (Å²) in [5.74, 6) is -0.621. The van der Waals surface area contributed by atoms with E-state index in [1.165, 1.54) is 12.1 Å². The predicted octanol–water partition coefficient (Wildman–Crippen LogP) is 1.77. The fourth-order valence-electron chi connectivity index (χ4n) is 2.26. The van der Waals surface area contributed by atoms with E-state index < -0.39 is 27.7 Å². The van der Waals surface area contributed by atoms with E-state index in [0.717, 1.165) is 6.07 Å². The topological polar surface area (TPSA) is 69.4 Å². The number of hydrogen-bond donors (Lipinski definition) is 1. The molecule has 0 aromatic heterocycles. The SMILES string of the molecule is NCCc1ccc(OC2CCS(=O)(=O)C2)c(C(F)(F)F)c1. The Morgan fingerprint density at radius 2 is 2.05 bits per heavy atom. The largest absolute Gasteiger partial charge is 0.489 e. The first kappa shape index (κ1) is 16.1. The number of benzene rings is 1. The molecule has 1 aromatic carbocycles. The van der Waals surface area contributed by atoms with E-state index in [4.69, 9.17) is 10.5 Å². The van der Waals surface area contributed by atoms with Crippen molar-refractivity contribution in [2.45, 2.75) is 25.1 Å². The van der Waals surface area contributed by atoms with Gasteiger partial charge in [-0.2, -0.15) is 13.2 Å². The first-order valence-electron chi connectivity index (χ1n) is 6.48. The smallest absolute Gasteiger partial charge is 0.419 e. The Balaban J connectivity index is 2.26. The van der Waals surface area contributed by atoms with Crippen molar-refractivity contribution in [3.63, 3.8) is 0 Å². The van der Waals surface area contributed by atoms with Crippen LogP contribution in [0.4, 0.5) is 13.2 Å². The van der Waals surface area contributed by atoms with Gasteiger partial charge in [0.1, 0.15) is 11.9 Å². The van der Waals surface area contributed by atoms with Crippen LogP contribution in [0.15, 0.2) is 18.2 Å². The Kier molecular flexibility index (Phi) is 4.48. The lowest BCUT2D eigenvalue weighted by Gasteiger charge is -2.18. The van der Waals surface area contributed by atoms with Crippen LogP contribution in [0.1, 0.15) is 17.5 Å². The molecule has 1 unspecified atom stereocenters. The molecule has 1 atom stereocenters. The van der Waals surface area contributed by atoms with Crippen molar-refractivity contribution in [1.29, 1.82) is 0 Å². The second-order valence-corrected chi connectivity index (χ2v) is 7.24. The highest BCUT2D eigenvalue weighted by Gasteiger charge is 2.37. The number of sulfone groups is 1. The van der Waals surface area contributed by atoms with Crippen molar-refractivity contribution in [3.8, 4) is 5.75 Å². The van der Waals surface area contributed by atoms with Crippen molar-refractivity contribution >= 4 is 9.84 Å². The van der Waals surface area contributed by atoms with E-state index in [1.807, 2.05) is 0 Å². The average molecular weight is 323 g/mol. The van der Waals surface area contributed by atoms with Gasteiger partial charge in [0, 0.05) is 0 Å². The molecule has 1 aromatic rings. The van der Waals surface area contributed by atoms with Crippen LogP contribution in [-0.2, 0) is 22.4 Å². The third kappa shape index (κ3) is 4.10. The van der Waals surface area contributed by atoms with Crippen LogP contribution in [0, 0.1) is 0 Å². The van der Waals surface area contributed by atoms with Gasteiger partial charge in [0.15, 0.2) is 9.84 Å². The third-order valence-corrected chi connectivity index (χ3v) is 5.00. The monoisotopic (exact) mass is 323 g/mol. The Morgan fingerprint density at radius 3 is 2.57 bits per heavy atom. The summed E-state index contributed by atoms with van der Waals surface area (Å²) in [7, 11) is -3.20. The van der Waals surface area contributed by atoms with E-state index in [-0.39, 0.29) is 30.2 Å². The molecule has 1 aliphatic heterocycles. The predicted molar refractivity (Wildman–Crippen MR) is 71.9 cm³/mol. The number of halogens is 3. The second kappa shape index (κ2) is 5.84. The zero-order valence-corrected chi connectivity index (χ0v) is 12.0. The molecule has 1 aliphatic rings. The van der Waals surface area contributed by atoms with Crippen LogP contribution in [0.5, 0.6) is 5.75 Å². The fourth-order valence-corrected chi connectivity index (χ4v) is 3.85. The maximum atomic E-state index is 13.1. The first-order valence-corrected chi connectivity index (χ1v) is 8.31. The van der Waals surface area contributed by atoms with Crippen LogP contribution in [0.25, 0.3) is 0 Å². The summed E-state index contributed by atoms with van der Waals surface area (Å²) in [6.07, 6.45) is -4.74. The zero-order chi connectivity index (χ0) is 15.7. The van der Waals surface area contributed by atoms with Gasteiger partial charge in [0.25, 0.3) is 0 Å². The van der Waals surface area contributed by atoms with Gasteiger partial charge in [0.05, 0.1) is 17.1 Å². The molecule has 1 fully saturated rings. The standard InChI is InChI=1S/C13H16F3NO3S/c14-13(15,16)11-7-9(3-5-17)1-2-12(11)20-10-4-6-21(18,19)8-10/h1-2,7,10H,3-6,8,17H2. The van der Waals surface area contributed by atoms with E-state index in [9.17, 15) is 21.6 Å². The maximum absolute atomic E-state index is 13.1. The molecular weight excluding hydrogens is 307 g/mol. The van der Waals surface area contributed by atoms with Gasteiger partial charge in [-0.25, -0.2) is 8.42 Å². The summed E-state index contributed by atoms with van der Waals surface area (Å²) in [5.41, 5.74) is 4.92. The van der Waals surface area contributed by atoms with Gasteiger partial charge in [0.2, 0.25) is 0 Å². The number of alkyl halides is 3. The summed E-state index contributed by atoms with van der Waals surface area (Å²) in [5, 5.41) is 0. The molecule has 2 N–H and O–H groups in total. The number of nitrogens with two attached hydrogens (primary N) is 1. The van der Waals surface area contributed by atoms with Gasteiger partial charge in [-0.15, -0.1) is 0 Å². The summed E-state index contributed by atoms with van der Waals surface area (Å²) < 4.78 is 67.1. The van der Waals surface area contributed by atoms with Gasteiger partial charge in [-0.05, 0) is 37.1 Å². The summed E-state index contributed by atoms with van der Waals surface area (Å²) in [4.78, 5) is 0. The molecule has 0 bridgehead atoms. The van der Waals surface area contributed by atoms with Crippen molar-refractivity contribution in [3.05, 3.63) is 29.3 Å². The highest BCUT2D eigenvalue weighted by molar-refractivity contribution is 7.91. The molecule has 1 heterocycles. The molecule has 2 rings (SSSR count). The lowest BCUT2D eigenvalue weighted by molar-refractivity contribution is -0.139. The van der Waals surface area contributed by atoms with Crippen molar-refractivity contribution in [2.24, 2.45) is 5.73 Å². The quantitative estimate of drug-likeness (QED) is 0.917. The molecule has 0 radical (unpaired) electrons. The molecule has 21 heavy (non-hydrogen) atoms. The normalized spacial score (nSPS) is 21.4. The van der Waals surface area contributed by atoms with Crippen LogP contribution in [-0.4, -0.2) is 32.6 Å². The third-order valence-electron chi connectivity index (χ3n) is 3.27. The lowest BCUT2D eigenvalue weighted by atomic mass is 10.1. The zero-order valence-electron chi connectivity index (χ0n) is 11.2. The number of hydrogen-bond acceptors (Lipinski definition) is 4. The van der Waals surface area contributed by atoms with E-state index in [2.05, 4.69) is 0 Å². The maximum Gasteiger partial charge on any atom is 0.419 e. The highest BCUT2D eigenvalue weighted by atomic mass is 32.2. The Labute approximate surface area is 121 Å². The number of ether oxygens (including phenoxy) is 1. The molecule has 118 valence electrons. The van der Waals surface area contributed by atoms with E-state index in [1.54, 1.807) is 0 Å². The summed E-state index contributed by atoms with van der Waals surface area (Å²) >= 11 is 0. The summed E-state index contributed by atoms with van der Waals surface area (Å²) in [6, 6.07) is 3.76. The molecule has 4 nitrogen and oxygen atoms in total. The molecule has 0 spiro atoms. The van der Waals surface area contributed by atoms with Crippen molar-refractivity contribution in [2.75, 3.05) is 18.1 Å². The van der Waals surface area contributed by atoms with E-state index >= 15 is 0 Å². The van der Waals surface area contributed by atoms with Gasteiger partial charge >= 0.3 is 6.18 Å². The minimum absolute atomic E-state index is 0.0513. The minimum Gasteiger partial charge on any atom is -0.489 e. The Morgan fingerprint density at radius 1 is 1.33 bits per heavy atom. The second-order valence-electron chi connectivity index (χ2n) is 5.01. The van der Waals surface area contributed by atoms with Crippen LogP contribution < -0.4 is 10.5 Å². The Hall–Kier alpha value is -1.28.